The minimum Gasteiger partial charge on any atom is -0.486 e. The molecule has 94 valence electrons. The number of rotatable bonds is 5. The average molecular weight is 237 g/mol. The van der Waals surface area contributed by atoms with E-state index in [4.69, 9.17) is 14.2 Å². The summed E-state index contributed by atoms with van der Waals surface area (Å²) in [4.78, 5) is 0. The fourth-order valence-corrected chi connectivity index (χ4v) is 1.70. The number of hydrogen-bond donors (Lipinski definition) is 1. The van der Waals surface area contributed by atoms with Crippen molar-refractivity contribution in [3.63, 3.8) is 0 Å². The molecule has 1 atom stereocenters. The van der Waals surface area contributed by atoms with E-state index >= 15 is 0 Å². The fourth-order valence-electron chi connectivity index (χ4n) is 1.70. The Hall–Kier alpha value is -1.26. The molecule has 0 saturated heterocycles. The van der Waals surface area contributed by atoms with Gasteiger partial charge in [-0.05, 0) is 24.6 Å². The lowest BCUT2D eigenvalue weighted by atomic mass is 10.2. The SMILES string of the molecule is COC(C)CNCc1ccc2c(c1)OCCO2. The highest BCUT2D eigenvalue weighted by Crippen LogP contribution is 2.30. The molecule has 1 aliphatic rings. The smallest absolute Gasteiger partial charge is 0.161 e. The van der Waals surface area contributed by atoms with Gasteiger partial charge in [0.05, 0.1) is 6.10 Å². The van der Waals surface area contributed by atoms with Crippen LogP contribution in [0.15, 0.2) is 18.2 Å². The molecule has 0 saturated carbocycles. The van der Waals surface area contributed by atoms with Crippen molar-refractivity contribution >= 4 is 0 Å². The van der Waals surface area contributed by atoms with Crippen molar-refractivity contribution in [1.82, 2.24) is 5.32 Å². The first-order valence-electron chi connectivity index (χ1n) is 5.91. The van der Waals surface area contributed by atoms with Gasteiger partial charge >= 0.3 is 0 Å². The second kappa shape index (κ2) is 5.89. The third kappa shape index (κ3) is 3.35. The second-order valence-corrected chi connectivity index (χ2v) is 4.16. The van der Waals surface area contributed by atoms with Gasteiger partial charge in [-0.15, -0.1) is 0 Å². The third-order valence-electron chi connectivity index (χ3n) is 2.77. The molecule has 0 amide bonds. The maximum absolute atomic E-state index is 5.54. The fraction of sp³-hybridized carbons (Fsp3) is 0.538. The molecule has 4 heteroatoms. The van der Waals surface area contributed by atoms with E-state index in [2.05, 4.69) is 11.4 Å². The summed E-state index contributed by atoms with van der Waals surface area (Å²) in [5.41, 5.74) is 1.19. The molecule has 0 radical (unpaired) electrons. The number of methoxy groups -OCH3 is 1. The maximum atomic E-state index is 5.54. The molecule has 0 aliphatic carbocycles. The van der Waals surface area contributed by atoms with Crippen molar-refractivity contribution in [2.75, 3.05) is 26.9 Å². The number of ether oxygens (including phenoxy) is 3. The standard InChI is InChI=1S/C13H19NO3/c1-10(15-2)8-14-9-11-3-4-12-13(7-11)17-6-5-16-12/h3-4,7,10,14H,5-6,8-9H2,1-2H3. The van der Waals surface area contributed by atoms with E-state index in [1.54, 1.807) is 7.11 Å². The lowest BCUT2D eigenvalue weighted by Crippen LogP contribution is -2.25. The van der Waals surface area contributed by atoms with Crippen molar-refractivity contribution in [3.05, 3.63) is 23.8 Å². The van der Waals surface area contributed by atoms with Crippen molar-refractivity contribution < 1.29 is 14.2 Å². The van der Waals surface area contributed by atoms with E-state index < -0.39 is 0 Å². The third-order valence-corrected chi connectivity index (χ3v) is 2.77. The normalized spacial score (nSPS) is 15.6. The Morgan fingerprint density at radius 3 is 2.82 bits per heavy atom. The topological polar surface area (TPSA) is 39.7 Å². The van der Waals surface area contributed by atoms with Crippen molar-refractivity contribution in [3.8, 4) is 11.5 Å². The van der Waals surface area contributed by atoms with Crippen LogP contribution in [0.2, 0.25) is 0 Å². The van der Waals surface area contributed by atoms with E-state index in [1.165, 1.54) is 5.56 Å². The molecule has 0 spiro atoms. The van der Waals surface area contributed by atoms with Crippen LogP contribution in [-0.2, 0) is 11.3 Å². The molecule has 0 aromatic heterocycles. The summed E-state index contributed by atoms with van der Waals surface area (Å²) in [6.07, 6.45) is 0.229. The Balaban J connectivity index is 1.89. The molecular weight excluding hydrogens is 218 g/mol. The summed E-state index contributed by atoms with van der Waals surface area (Å²) >= 11 is 0. The maximum Gasteiger partial charge on any atom is 0.161 e. The average Bonchev–Trinajstić information content (AvgIpc) is 2.38. The van der Waals surface area contributed by atoms with Crippen LogP contribution in [0.1, 0.15) is 12.5 Å². The highest BCUT2D eigenvalue weighted by Gasteiger charge is 2.11. The molecule has 17 heavy (non-hydrogen) atoms. The Morgan fingerprint density at radius 1 is 1.29 bits per heavy atom. The van der Waals surface area contributed by atoms with Crippen molar-refractivity contribution in [2.24, 2.45) is 0 Å². The van der Waals surface area contributed by atoms with Crippen LogP contribution in [0.4, 0.5) is 0 Å². The molecule has 1 N–H and O–H groups in total. The van der Waals surface area contributed by atoms with Crippen LogP contribution in [-0.4, -0.2) is 33.0 Å². The van der Waals surface area contributed by atoms with Crippen LogP contribution in [0.5, 0.6) is 11.5 Å². The number of benzene rings is 1. The molecule has 4 nitrogen and oxygen atoms in total. The predicted molar refractivity (Wildman–Crippen MR) is 65.6 cm³/mol. The molecule has 1 aromatic rings. The zero-order valence-corrected chi connectivity index (χ0v) is 10.4. The molecule has 1 aliphatic heterocycles. The molecule has 1 heterocycles. The minimum absolute atomic E-state index is 0.229. The Morgan fingerprint density at radius 2 is 2.06 bits per heavy atom. The summed E-state index contributed by atoms with van der Waals surface area (Å²) in [6, 6.07) is 6.04. The molecule has 0 bridgehead atoms. The Kier molecular flexibility index (Phi) is 4.23. The number of nitrogens with one attached hydrogen (secondary N) is 1. The van der Waals surface area contributed by atoms with Gasteiger partial charge in [-0.3, -0.25) is 0 Å². The van der Waals surface area contributed by atoms with Crippen LogP contribution in [0.25, 0.3) is 0 Å². The van der Waals surface area contributed by atoms with Crippen LogP contribution >= 0.6 is 0 Å². The molecule has 1 unspecified atom stereocenters. The van der Waals surface area contributed by atoms with Gasteiger partial charge in [-0.25, -0.2) is 0 Å². The molecule has 2 rings (SSSR count). The van der Waals surface area contributed by atoms with Crippen LogP contribution in [0, 0.1) is 0 Å². The van der Waals surface area contributed by atoms with E-state index in [9.17, 15) is 0 Å². The van der Waals surface area contributed by atoms with Gasteiger partial charge in [-0.1, -0.05) is 6.07 Å². The monoisotopic (exact) mass is 237 g/mol. The highest BCUT2D eigenvalue weighted by atomic mass is 16.6. The minimum atomic E-state index is 0.229. The van der Waals surface area contributed by atoms with E-state index in [0.29, 0.717) is 13.2 Å². The van der Waals surface area contributed by atoms with Gasteiger partial charge in [0.15, 0.2) is 11.5 Å². The lowest BCUT2D eigenvalue weighted by Gasteiger charge is -2.19. The van der Waals surface area contributed by atoms with Gasteiger partial charge in [0.1, 0.15) is 13.2 Å². The van der Waals surface area contributed by atoms with E-state index in [1.807, 2.05) is 19.1 Å². The lowest BCUT2D eigenvalue weighted by molar-refractivity contribution is 0.117. The summed E-state index contributed by atoms with van der Waals surface area (Å²) in [6.45, 7) is 4.95. The molecule has 1 aromatic carbocycles. The number of fused-ring (bicyclic) bond motifs is 1. The van der Waals surface area contributed by atoms with Gasteiger partial charge in [0, 0.05) is 20.2 Å². The van der Waals surface area contributed by atoms with Crippen LogP contribution in [0.3, 0.4) is 0 Å². The zero-order valence-electron chi connectivity index (χ0n) is 10.4. The van der Waals surface area contributed by atoms with Gasteiger partial charge in [0.2, 0.25) is 0 Å². The van der Waals surface area contributed by atoms with Gasteiger partial charge in [0.25, 0.3) is 0 Å². The number of hydrogen-bond acceptors (Lipinski definition) is 4. The van der Waals surface area contributed by atoms with E-state index in [-0.39, 0.29) is 6.10 Å². The van der Waals surface area contributed by atoms with Crippen molar-refractivity contribution in [1.29, 1.82) is 0 Å². The first-order chi connectivity index (χ1) is 8.29. The predicted octanol–water partition coefficient (Wildman–Crippen LogP) is 1.58. The van der Waals surface area contributed by atoms with Crippen LogP contribution < -0.4 is 14.8 Å². The molecule has 0 fully saturated rings. The summed E-state index contributed by atoms with van der Waals surface area (Å²) in [5, 5.41) is 3.34. The zero-order chi connectivity index (χ0) is 12.1. The van der Waals surface area contributed by atoms with Crippen molar-refractivity contribution in [2.45, 2.75) is 19.6 Å². The Labute approximate surface area is 102 Å². The first-order valence-corrected chi connectivity index (χ1v) is 5.91. The van der Waals surface area contributed by atoms with E-state index in [0.717, 1.165) is 24.6 Å². The van der Waals surface area contributed by atoms with Gasteiger partial charge < -0.3 is 19.5 Å². The molecular formula is C13H19NO3. The summed E-state index contributed by atoms with van der Waals surface area (Å²) in [5.74, 6) is 1.68. The quantitative estimate of drug-likeness (QED) is 0.844. The van der Waals surface area contributed by atoms with Gasteiger partial charge in [-0.2, -0.15) is 0 Å². The first kappa shape index (κ1) is 12.2. The highest BCUT2D eigenvalue weighted by molar-refractivity contribution is 5.43. The second-order valence-electron chi connectivity index (χ2n) is 4.16. The summed E-state index contributed by atoms with van der Waals surface area (Å²) in [7, 11) is 1.72. The Bertz CT molecular complexity index is 368. The largest absolute Gasteiger partial charge is 0.486 e. The summed E-state index contributed by atoms with van der Waals surface area (Å²) < 4.78 is 16.2.